The molecule has 0 bridgehead atoms. The van der Waals surface area contributed by atoms with Crippen LogP contribution >= 0.6 is 11.6 Å². The topological polar surface area (TPSA) is 116 Å². The smallest absolute Gasteiger partial charge is 0.352 e. The second-order valence-corrected chi connectivity index (χ2v) is 12.0. The molecule has 0 unspecified atom stereocenters. The highest BCUT2D eigenvalue weighted by Crippen LogP contribution is 2.61. The highest BCUT2D eigenvalue weighted by Gasteiger charge is 2.65. The Morgan fingerprint density at radius 2 is 1.71 bits per heavy atom. The Hall–Kier alpha value is -4.74. The number of allylic oxidation sites excluding steroid dienone is 2. The van der Waals surface area contributed by atoms with E-state index in [0.29, 0.717) is 17.0 Å². The molecule has 4 atom stereocenters. The number of nitrogens with zero attached hydrogens (tertiary/aromatic N) is 4. The molecule has 1 aliphatic carbocycles. The van der Waals surface area contributed by atoms with Crippen molar-refractivity contribution < 1.29 is 23.8 Å². The zero-order chi connectivity index (χ0) is 31.6. The van der Waals surface area contributed by atoms with Crippen molar-refractivity contribution in [1.82, 2.24) is 13.9 Å². The molecule has 3 aromatic carbocycles. The van der Waals surface area contributed by atoms with Crippen LogP contribution in [0.5, 0.6) is 5.75 Å². The number of carbonyl (C=O) groups is 2. The summed E-state index contributed by atoms with van der Waals surface area (Å²) in [7, 11) is 0. The first-order valence-corrected chi connectivity index (χ1v) is 14.9. The van der Waals surface area contributed by atoms with Crippen molar-refractivity contribution in [2.75, 3.05) is 18.1 Å². The number of anilines is 1. The summed E-state index contributed by atoms with van der Waals surface area (Å²) in [6, 6.07) is 18.7. The summed E-state index contributed by atoms with van der Waals surface area (Å²) in [5.74, 6) is -2.68. The fraction of sp³-hybridized carbons (Fsp3) is 0.273. The maximum Gasteiger partial charge on any atom is 0.352 e. The molecule has 2 amide bonds. The van der Waals surface area contributed by atoms with Gasteiger partial charge < -0.3 is 9.84 Å². The van der Waals surface area contributed by atoms with Gasteiger partial charge in [0.15, 0.2) is 0 Å². The lowest BCUT2D eigenvalue weighted by Gasteiger charge is -2.47. The number of benzene rings is 3. The molecule has 2 fully saturated rings. The molecule has 2 aliphatic heterocycles. The quantitative estimate of drug-likeness (QED) is 0.256. The Kier molecular flexibility index (Phi) is 6.90. The fourth-order valence-electron chi connectivity index (χ4n) is 7.25. The van der Waals surface area contributed by atoms with Crippen LogP contribution < -0.4 is 21.0 Å². The van der Waals surface area contributed by atoms with E-state index in [4.69, 9.17) is 21.4 Å². The lowest BCUT2D eigenvalue weighted by atomic mass is 9.56. The number of halogens is 2. The molecule has 1 aromatic heterocycles. The number of imide groups is 1. The number of fused-ring (bicyclic) bond motifs is 4. The van der Waals surface area contributed by atoms with Crippen LogP contribution in [0.1, 0.15) is 30.9 Å². The molecule has 3 aliphatic rings. The van der Waals surface area contributed by atoms with Crippen LogP contribution in [0, 0.1) is 17.2 Å². The van der Waals surface area contributed by atoms with Crippen LogP contribution in [0.3, 0.4) is 0 Å². The van der Waals surface area contributed by atoms with Crippen molar-refractivity contribution in [3.63, 3.8) is 0 Å². The standard InChI is InChI=1S/C33H28ClFN4O6/c1-33-24(29(41)37(30(33)42)21-9-12-26(35)25(34)17-21)18-27-23(28(33)19-7-10-22(11-8-19)45-16-15-40)13-14-36-31(43)38(32(44)39(27)36)20-5-3-2-4-6-20/h2-13,17,24,27-28,40H,14-16,18H2,1H3/t24-,27+,28-,33+/m0/s1. The number of hydrogen-bond donors (Lipinski definition) is 1. The Bertz CT molecular complexity index is 2000. The molecule has 3 heterocycles. The molecule has 10 nitrogen and oxygen atoms in total. The average Bonchev–Trinajstić information content (AvgIpc) is 3.41. The van der Waals surface area contributed by atoms with E-state index in [2.05, 4.69) is 0 Å². The van der Waals surface area contributed by atoms with Crippen molar-refractivity contribution >= 4 is 29.1 Å². The van der Waals surface area contributed by atoms with E-state index in [1.165, 1.54) is 21.5 Å². The van der Waals surface area contributed by atoms with Gasteiger partial charge in [0.05, 0.1) is 46.9 Å². The van der Waals surface area contributed by atoms with Crippen LogP contribution in [-0.4, -0.2) is 44.1 Å². The van der Waals surface area contributed by atoms with Gasteiger partial charge in [-0.1, -0.05) is 48.0 Å². The number of amides is 2. The second-order valence-electron chi connectivity index (χ2n) is 11.6. The van der Waals surface area contributed by atoms with Gasteiger partial charge in [-0.15, -0.1) is 0 Å². The predicted molar refractivity (Wildman–Crippen MR) is 163 cm³/mol. The number of rotatable bonds is 6. The van der Waals surface area contributed by atoms with Gasteiger partial charge in [-0.25, -0.2) is 32.8 Å². The van der Waals surface area contributed by atoms with E-state index in [1.807, 2.05) is 6.08 Å². The zero-order valence-electron chi connectivity index (χ0n) is 24.1. The number of para-hydroxylation sites is 1. The Morgan fingerprint density at radius 1 is 0.978 bits per heavy atom. The minimum atomic E-state index is -1.29. The van der Waals surface area contributed by atoms with Gasteiger partial charge in [-0.05, 0) is 66.9 Å². The molecule has 1 saturated heterocycles. The van der Waals surface area contributed by atoms with Crippen LogP contribution in [-0.2, 0) is 16.1 Å². The third-order valence-electron chi connectivity index (χ3n) is 9.29. The Balaban J connectivity index is 1.40. The summed E-state index contributed by atoms with van der Waals surface area (Å²) in [5.41, 5.74) is -0.317. The summed E-state index contributed by atoms with van der Waals surface area (Å²) in [4.78, 5) is 57.3. The van der Waals surface area contributed by atoms with Gasteiger partial charge in [0.25, 0.3) is 0 Å². The molecular formula is C33H28ClFN4O6. The van der Waals surface area contributed by atoms with Crippen LogP contribution in [0.2, 0.25) is 5.02 Å². The first-order valence-electron chi connectivity index (χ1n) is 14.5. The van der Waals surface area contributed by atoms with Gasteiger partial charge in [-0.2, -0.15) is 0 Å². The molecule has 12 heteroatoms. The minimum absolute atomic E-state index is 0.0880. The Labute approximate surface area is 261 Å². The molecular weight excluding hydrogens is 603 g/mol. The molecule has 7 rings (SSSR count). The van der Waals surface area contributed by atoms with E-state index >= 15 is 0 Å². The van der Waals surface area contributed by atoms with Crippen molar-refractivity contribution in [2.45, 2.75) is 31.8 Å². The van der Waals surface area contributed by atoms with Gasteiger partial charge in [-0.3, -0.25) is 9.59 Å². The van der Waals surface area contributed by atoms with E-state index in [9.17, 15) is 23.6 Å². The number of aromatic nitrogens is 3. The summed E-state index contributed by atoms with van der Waals surface area (Å²) >= 11 is 6.06. The number of aliphatic hydroxyl groups excluding tert-OH is 1. The summed E-state index contributed by atoms with van der Waals surface area (Å²) in [5, 5.41) is 8.94. The zero-order valence-corrected chi connectivity index (χ0v) is 24.9. The van der Waals surface area contributed by atoms with E-state index < -0.39 is 52.3 Å². The molecule has 0 spiro atoms. The van der Waals surface area contributed by atoms with Gasteiger partial charge in [0.1, 0.15) is 18.2 Å². The largest absolute Gasteiger partial charge is 0.491 e. The second kappa shape index (κ2) is 10.7. The van der Waals surface area contributed by atoms with Gasteiger partial charge in [0.2, 0.25) is 11.8 Å². The first kappa shape index (κ1) is 29.0. The van der Waals surface area contributed by atoms with Gasteiger partial charge >= 0.3 is 11.4 Å². The number of hydrogen-bond acceptors (Lipinski definition) is 6. The average molecular weight is 631 g/mol. The third kappa shape index (κ3) is 4.25. The maximum atomic E-state index is 14.5. The lowest BCUT2D eigenvalue weighted by Crippen LogP contribution is -2.49. The maximum absolute atomic E-state index is 14.5. The molecule has 4 aromatic rings. The molecule has 45 heavy (non-hydrogen) atoms. The molecule has 1 saturated carbocycles. The lowest BCUT2D eigenvalue weighted by molar-refractivity contribution is -0.129. The van der Waals surface area contributed by atoms with Crippen LogP contribution in [0.25, 0.3) is 5.69 Å². The van der Waals surface area contributed by atoms with Crippen molar-refractivity contribution in [2.24, 2.45) is 11.3 Å². The summed E-state index contributed by atoms with van der Waals surface area (Å²) in [6.07, 6.45) is 1.96. The molecule has 0 radical (unpaired) electrons. The summed E-state index contributed by atoms with van der Waals surface area (Å²) in [6.45, 7) is 1.79. The highest BCUT2D eigenvalue weighted by atomic mass is 35.5. The molecule has 1 N–H and O–H groups in total. The van der Waals surface area contributed by atoms with E-state index in [0.717, 1.165) is 21.1 Å². The number of carbonyl (C=O) groups excluding carboxylic acids is 2. The minimum Gasteiger partial charge on any atom is -0.491 e. The Morgan fingerprint density at radius 3 is 2.40 bits per heavy atom. The van der Waals surface area contributed by atoms with Crippen LogP contribution in [0.15, 0.2) is 94.0 Å². The predicted octanol–water partition coefficient (Wildman–Crippen LogP) is 3.83. The summed E-state index contributed by atoms with van der Waals surface area (Å²) < 4.78 is 23.5. The fourth-order valence-corrected chi connectivity index (χ4v) is 7.42. The van der Waals surface area contributed by atoms with E-state index in [-0.39, 0.29) is 36.9 Å². The van der Waals surface area contributed by atoms with Crippen molar-refractivity contribution in [1.29, 1.82) is 0 Å². The SMILES string of the molecule is C[C@@]12C(=O)N(c3ccc(F)c(Cl)c3)C(=O)[C@@H]1C[C@@H]1C(=CCn3c(=O)n(-c4ccccc4)c(=O)n31)[C@@H]2c1ccc(OCCO)cc1. The number of aliphatic hydroxyl groups is 1. The van der Waals surface area contributed by atoms with Crippen molar-refractivity contribution in [3.8, 4) is 11.4 Å². The number of ether oxygens (including phenoxy) is 1. The highest BCUT2D eigenvalue weighted by molar-refractivity contribution is 6.31. The first-order chi connectivity index (χ1) is 21.7. The van der Waals surface area contributed by atoms with Gasteiger partial charge in [0, 0.05) is 5.92 Å². The molecule has 230 valence electrons. The third-order valence-corrected chi connectivity index (χ3v) is 9.58. The van der Waals surface area contributed by atoms with Crippen molar-refractivity contribution in [3.05, 3.63) is 122 Å². The monoisotopic (exact) mass is 630 g/mol. The van der Waals surface area contributed by atoms with Crippen LogP contribution in [0.4, 0.5) is 10.1 Å². The normalized spacial score (nSPS) is 23.8. The van der Waals surface area contributed by atoms with E-state index in [1.54, 1.807) is 61.5 Å².